The Labute approximate surface area is 293 Å². The number of benzene rings is 9. The van der Waals surface area contributed by atoms with Crippen molar-refractivity contribution in [3.63, 3.8) is 0 Å². The number of nitrogens with zero attached hydrogens (tertiary/aromatic N) is 2. The van der Waals surface area contributed by atoms with E-state index in [0.29, 0.717) is 0 Å². The lowest BCUT2D eigenvalue weighted by Gasteiger charge is -2.26. The molecular weight excluding hydrogens is 621 g/mol. The normalized spacial score (nSPS) is 11.9. The Morgan fingerprint density at radius 1 is 0.353 bits per heavy atom. The number of hydrogen-bond acceptors (Lipinski definition) is 2. The molecule has 0 aliphatic rings. The van der Waals surface area contributed by atoms with E-state index >= 15 is 0 Å². The second-order valence-corrected chi connectivity index (χ2v) is 13.4. The summed E-state index contributed by atoms with van der Waals surface area (Å²) in [4.78, 5) is 2.37. The third kappa shape index (κ3) is 4.25. The maximum absolute atomic E-state index is 6.52. The molecule has 0 unspecified atom stereocenters. The van der Waals surface area contributed by atoms with E-state index in [4.69, 9.17) is 4.42 Å². The van der Waals surface area contributed by atoms with Crippen LogP contribution in [0.25, 0.3) is 81.7 Å². The lowest BCUT2D eigenvalue weighted by Crippen LogP contribution is -2.10. The van der Waals surface area contributed by atoms with Gasteiger partial charge in [-0.1, -0.05) is 109 Å². The molecule has 11 aromatic rings. The smallest absolute Gasteiger partial charge is 0.143 e. The fourth-order valence-corrected chi connectivity index (χ4v) is 8.17. The molecule has 0 aliphatic heterocycles. The van der Waals surface area contributed by atoms with Crippen molar-refractivity contribution in [2.45, 2.75) is 0 Å². The SMILES string of the molecule is c1ccc2c(c1)ccc1cc(N(c3ccc(-n4c5ccccc5c5ccccc54)cc3)c3ccc4ccc5c6ccccc6oc5c4c3)ccc12. The Hall–Kier alpha value is -6.84. The molecule has 2 aromatic heterocycles. The van der Waals surface area contributed by atoms with E-state index < -0.39 is 0 Å². The van der Waals surface area contributed by atoms with Crippen LogP contribution in [0.15, 0.2) is 186 Å². The van der Waals surface area contributed by atoms with E-state index in [-0.39, 0.29) is 0 Å². The number of para-hydroxylation sites is 3. The van der Waals surface area contributed by atoms with Gasteiger partial charge in [0.1, 0.15) is 11.2 Å². The summed E-state index contributed by atoms with van der Waals surface area (Å²) in [6.45, 7) is 0. The number of fused-ring (bicyclic) bond motifs is 11. The van der Waals surface area contributed by atoms with Crippen molar-refractivity contribution in [2.24, 2.45) is 0 Å². The summed E-state index contributed by atoms with van der Waals surface area (Å²) in [5.74, 6) is 0. The zero-order valence-electron chi connectivity index (χ0n) is 27.6. The third-order valence-electron chi connectivity index (χ3n) is 10.5. The van der Waals surface area contributed by atoms with Crippen LogP contribution in [0.5, 0.6) is 0 Å². The zero-order valence-corrected chi connectivity index (χ0v) is 27.6. The first-order valence-electron chi connectivity index (χ1n) is 17.4. The Morgan fingerprint density at radius 3 is 1.69 bits per heavy atom. The van der Waals surface area contributed by atoms with Crippen LogP contribution in [-0.4, -0.2) is 4.57 Å². The van der Waals surface area contributed by atoms with Gasteiger partial charge in [0.25, 0.3) is 0 Å². The predicted molar refractivity (Wildman–Crippen MR) is 215 cm³/mol. The van der Waals surface area contributed by atoms with Crippen molar-refractivity contribution in [1.29, 1.82) is 0 Å². The lowest BCUT2D eigenvalue weighted by molar-refractivity contribution is 0.672. The number of hydrogen-bond donors (Lipinski definition) is 0. The molecule has 3 nitrogen and oxygen atoms in total. The summed E-state index contributed by atoms with van der Waals surface area (Å²) in [5.41, 5.74) is 8.61. The third-order valence-corrected chi connectivity index (χ3v) is 10.5. The van der Waals surface area contributed by atoms with Crippen molar-refractivity contribution in [1.82, 2.24) is 4.57 Å². The summed E-state index contributed by atoms with van der Waals surface area (Å²) in [6, 6.07) is 65.6. The number of rotatable bonds is 4. The first-order valence-corrected chi connectivity index (χ1v) is 17.4. The maximum Gasteiger partial charge on any atom is 0.143 e. The quantitative estimate of drug-likeness (QED) is 0.177. The largest absolute Gasteiger partial charge is 0.455 e. The molecule has 0 bridgehead atoms. The molecule has 3 heteroatoms. The van der Waals surface area contributed by atoms with Crippen molar-refractivity contribution in [2.75, 3.05) is 4.90 Å². The Bertz CT molecular complexity index is 3090. The van der Waals surface area contributed by atoms with Crippen LogP contribution in [0.3, 0.4) is 0 Å². The summed E-state index contributed by atoms with van der Waals surface area (Å²) < 4.78 is 8.89. The molecule has 0 aliphatic carbocycles. The van der Waals surface area contributed by atoms with E-state index in [2.05, 4.69) is 185 Å². The Morgan fingerprint density at radius 2 is 0.882 bits per heavy atom. The van der Waals surface area contributed by atoms with E-state index in [1.54, 1.807) is 0 Å². The Kier molecular flexibility index (Phi) is 5.96. The van der Waals surface area contributed by atoms with Crippen LogP contribution in [0.4, 0.5) is 17.1 Å². The average Bonchev–Trinajstić information content (AvgIpc) is 3.75. The minimum Gasteiger partial charge on any atom is -0.455 e. The van der Waals surface area contributed by atoms with Crippen molar-refractivity contribution >= 4 is 93.1 Å². The van der Waals surface area contributed by atoms with Crippen LogP contribution in [-0.2, 0) is 0 Å². The molecule has 0 amide bonds. The molecule has 0 N–H and O–H groups in total. The molecule has 0 radical (unpaired) electrons. The lowest BCUT2D eigenvalue weighted by atomic mass is 10.0. The zero-order chi connectivity index (χ0) is 33.5. The van der Waals surface area contributed by atoms with Gasteiger partial charge in [-0.25, -0.2) is 0 Å². The molecule has 0 saturated heterocycles. The van der Waals surface area contributed by atoms with Crippen LogP contribution in [0.2, 0.25) is 0 Å². The predicted octanol–water partition coefficient (Wildman–Crippen LogP) is 13.6. The molecule has 9 aromatic carbocycles. The van der Waals surface area contributed by atoms with Gasteiger partial charge in [-0.15, -0.1) is 0 Å². The van der Waals surface area contributed by atoms with Crippen LogP contribution in [0, 0.1) is 0 Å². The topological polar surface area (TPSA) is 21.3 Å². The number of furan rings is 1. The van der Waals surface area contributed by atoms with Crippen LogP contribution in [0.1, 0.15) is 0 Å². The fraction of sp³-hybridized carbons (Fsp3) is 0. The summed E-state index contributed by atoms with van der Waals surface area (Å²) >= 11 is 0. The minimum atomic E-state index is 0.907. The van der Waals surface area contributed by atoms with Crippen molar-refractivity contribution in [3.8, 4) is 5.69 Å². The number of anilines is 3. The highest BCUT2D eigenvalue weighted by molar-refractivity contribution is 6.16. The monoisotopic (exact) mass is 650 g/mol. The average molecular weight is 651 g/mol. The first kappa shape index (κ1) is 28.0. The summed E-state index contributed by atoms with van der Waals surface area (Å²) in [6.07, 6.45) is 0. The molecule has 2 heterocycles. The van der Waals surface area contributed by atoms with Gasteiger partial charge < -0.3 is 13.9 Å². The molecule has 0 spiro atoms. The van der Waals surface area contributed by atoms with Crippen molar-refractivity contribution < 1.29 is 4.42 Å². The van der Waals surface area contributed by atoms with E-state index in [1.807, 2.05) is 6.07 Å². The van der Waals surface area contributed by atoms with Gasteiger partial charge in [0, 0.05) is 49.7 Å². The highest BCUT2D eigenvalue weighted by Crippen LogP contribution is 2.42. The van der Waals surface area contributed by atoms with E-state index in [9.17, 15) is 0 Å². The molecule has 0 fully saturated rings. The van der Waals surface area contributed by atoms with Crippen LogP contribution >= 0.6 is 0 Å². The molecule has 11 rings (SSSR count). The fourth-order valence-electron chi connectivity index (χ4n) is 8.17. The van der Waals surface area contributed by atoms with Gasteiger partial charge in [-0.2, -0.15) is 0 Å². The highest BCUT2D eigenvalue weighted by Gasteiger charge is 2.18. The highest BCUT2D eigenvalue weighted by atomic mass is 16.3. The molecule has 238 valence electrons. The van der Waals surface area contributed by atoms with Gasteiger partial charge in [-0.3, -0.25) is 0 Å². The first-order chi connectivity index (χ1) is 25.3. The van der Waals surface area contributed by atoms with Gasteiger partial charge in [0.15, 0.2) is 0 Å². The molecule has 0 atom stereocenters. The van der Waals surface area contributed by atoms with Gasteiger partial charge in [-0.05, 0) is 99.7 Å². The maximum atomic E-state index is 6.52. The second-order valence-electron chi connectivity index (χ2n) is 13.4. The van der Waals surface area contributed by atoms with E-state index in [1.165, 1.54) is 43.4 Å². The number of aromatic nitrogens is 1. The minimum absolute atomic E-state index is 0.907. The summed E-state index contributed by atoms with van der Waals surface area (Å²) in [7, 11) is 0. The van der Waals surface area contributed by atoms with E-state index in [0.717, 1.165) is 55.5 Å². The van der Waals surface area contributed by atoms with Crippen LogP contribution < -0.4 is 4.90 Å². The van der Waals surface area contributed by atoms with Gasteiger partial charge >= 0.3 is 0 Å². The molecule has 0 saturated carbocycles. The van der Waals surface area contributed by atoms with Gasteiger partial charge in [0.2, 0.25) is 0 Å². The second kappa shape index (κ2) is 10.8. The van der Waals surface area contributed by atoms with Crippen molar-refractivity contribution in [3.05, 3.63) is 182 Å². The Balaban J connectivity index is 1.12. The molecule has 51 heavy (non-hydrogen) atoms. The van der Waals surface area contributed by atoms with Gasteiger partial charge in [0.05, 0.1) is 11.0 Å². The molecular formula is C48H30N2O. The summed E-state index contributed by atoms with van der Waals surface area (Å²) in [5, 5.41) is 12.0. The standard InChI is InChI=1S/C48H30N2O/c1-2-10-38-31(9-1)17-18-33-29-36(26-28-39(33)38)49(37-21-19-32-20-27-43-42-13-5-8-16-47(42)51-48(43)44(32)30-37)34-22-24-35(25-23-34)50-45-14-6-3-11-40(45)41-12-4-7-15-46(41)50/h1-30H.